The van der Waals surface area contributed by atoms with Gasteiger partial charge in [0.2, 0.25) is 17.6 Å². The van der Waals surface area contributed by atoms with Gasteiger partial charge in [0.1, 0.15) is 5.75 Å². The maximum absolute atomic E-state index is 12.6. The first-order valence-electron chi connectivity index (χ1n) is 9.91. The Labute approximate surface area is 179 Å². The normalized spacial score (nSPS) is 11.2. The van der Waals surface area contributed by atoms with Gasteiger partial charge in [-0.2, -0.15) is 13.8 Å². The van der Waals surface area contributed by atoms with Gasteiger partial charge >= 0.3 is 6.61 Å². The van der Waals surface area contributed by atoms with Gasteiger partial charge in [-0.1, -0.05) is 42.4 Å². The molecule has 0 aliphatic rings. The van der Waals surface area contributed by atoms with Crippen LogP contribution in [0, 0.1) is 6.92 Å². The van der Waals surface area contributed by atoms with E-state index in [9.17, 15) is 13.6 Å². The monoisotopic (exact) mass is 430 g/mol. The third-order valence-corrected chi connectivity index (χ3v) is 4.50. The molecule has 1 heterocycles. The molecule has 0 atom stereocenters. The smallest absolute Gasteiger partial charge is 0.387 e. The maximum atomic E-state index is 12.6. The van der Waals surface area contributed by atoms with Crippen LogP contribution >= 0.6 is 0 Å². The summed E-state index contributed by atoms with van der Waals surface area (Å²) < 4.78 is 35.1. The zero-order valence-corrected chi connectivity index (χ0v) is 17.3. The van der Waals surface area contributed by atoms with Crippen molar-refractivity contribution in [2.75, 3.05) is 18.4 Å². The number of para-hydroxylation sites is 2. The summed E-state index contributed by atoms with van der Waals surface area (Å²) in [5, 5.41) is 6.79. The number of rotatable bonds is 10. The van der Waals surface area contributed by atoms with E-state index in [2.05, 4.69) is 20.2 Å². The van der Waals surface area contributed by atoms with Crippen LogP contribution in [0.2, 0.25) is 0 Å². The first kappa shape index (κ1) is 22.4. The van der Waals surface area contributed by atoms with Crippen LogP contribution in [0.15, 0.2) is 53.1 Å². The predicted octanol–water partition coefficient (Wildman–Crippen LogP) is 4.50. The number of amides is 1. The van der Waals surface area contributed by atoms with Crippen molar-refractivity contribution in [2.45, 2.75) is 33.4 Å². The van der Waals surface area contributed by atoms with E-state index in [1.165, 1.54) is 6.07 Å². The van der Waals surface area contributed by atoms with E-state index in [0.717, 1.165) is 17.7 Å². The number of nitrogens with zero attached hydrogens (tertiary/aromatic N) is 3. The Kier molecular flexibility index (Phi) is 7.66. The van der Waals surface area contributed by atoms with E-state index in [0.29, 0.717) is 12.1 Å². The summed E-state index contributed by atoms with van der Waals surface area (Å²) in [6.45, 7) is 2.01. The second-order valence-electron chi connectivity index (χ2n) is 6.96. The first-order chi connectivity index (χ1) is 15.0. The molecule has 0 saturated heterocycles. The topological polar surface area (TPSA) is 80.5 Å². The number of aromatic nitrogens is 2. The number of halogens is 2. The molecule has 3 rings (SSSR count). The number of hydrogen-bond acceptors (Lipinski definition) is 6. The summed E-state index contributed by atoms with van der Waals surface area (Å²) in [4.78, 5) is 18.7. The molecule has 1 N–H and O–H groups in total. The minimum Gasteiger partial charge on any atom is -0.434 e. The molecule has 7 nitrogen and oxygen atoms in total. The molecule has 0 spiro atoms. The molecule has 0 saturated carbocycles. The molecule has 0 aliphatic carbocycles. The van der Waals surface area contributed by atoms with Crippen LogP contribution in [-0.4, -0.2) is 40.6 Å². The van der Waals surface area contributed by atoms with Gasteiger partial charge in [-0.25, -0.2) is 0 Å². The number of aryl methyl sites for hydroxylation is 1. The third kappa shape index (κ3) is 6.32. The summed E-state index contributed by atoms with van der Waals surface area (Å²) in [5.41, 5.74) is 2.04. The van der Waals surface area contributed by atoms with E-state index >= 15 is 0 Å². The van der Waals surface area contributed by atoms with Gasteiger partial charge in [-0.3, -0.25) is 9.69 Å². The van der Waals surface area contributed by atoms with Gasteiger partial charge in [0.15, 0.2) is 0 Å². The summed E-state index contributed by atoms with van der Waals surface area (Å²) in [6.07, 6.45) is 0.823. The van der Waals surface area contributed by atoms with Gasteiger partial charge in [-0.15, -0.1) is 0 Å². The van der Waals surface area contributed by atoms with Crippen molar-refractivity contribution in [3.63, 3.8) is 0 Å². The molecule has 1 aromatic heterocycles. The van der Waals surface area contributed by atoms with Crippen LogP contribution in [0.25, 0.3) is 11.4 Å². The molecular formula is C22H24F2N4O3. The van der Waals surface area contributed by atoms with Crippen LogP contribution in [-0.2, 0) is 11.3 Å². The second-order valence-corrected chi connectivity index (χ2v) is 6.96. The van der Waals surface area contributed by atoms with Crippen molar-refractivity contribution in [1.82, 2.24) is 15.0 Å². The van der Waals surface area contributed by atoms with Crippen molar-refractivity contribution >= 4 is 11.6 Å². The van der Waals surface area contributed by atoms with Crippen LogP contribution in [0.3, 0.4) is 0 Å². The molecule has 0 fully saturated rings. The minimum atomic E-state index is -2.96. The average molecular weight is 430 g/mol. The zero-order valence-electron chi connectivity index (χ0n) is 17.3. The molecule has 0 radical (unpaired) electrons. The van der Waals surface area contributed by atoms with E-state index in [1.54, 1.807) is 18.2 Å². The van der Waals surface area contributed by atoms with Gasteiger partial charge in [0.05, 0.1) is 18.7 Å². The van der Waals surface area contributed by atoms with Crippen LogP contribution < -0.4 is 10.1 Å². The molecule has 1 amide bonds. The highest BCUT2D eigenvalue weighted by Gasteiger charge is 2.18. The highest BCUT2D eigenvalue weighted by Crippen LogP contribution is 2.29. The van der Waals surface area contributed by atoms with Crippen molar-refractivity contribution in [3.8, 4) is 17.1 Å². The van der Waals surface area contributed by atoms with E-state index in [1.807, 2.05) is 43.0 Å². The zero-order chi connectivity index (χ0) is 22.2. The molecule has 0 unspecified atom stereocenters. The Bertz CT molecular complexity index is 1010. The molecule has 2 aromatic carbocycles. The molecule has 31 heavy (non-hydrogen) atoms. The number of alkyl halides is 2. The molecule has 9 heteroatoms. The average Bonchev–Trinajstić information content (AvgIpc) is 3.18. The standard InChI is InChI=1S/C22H24F2N4O3/c1-3-12-28(13-19(29)25-17-10-6-4-8-15(17)2)14-20-26-21(27-31-20)16-9-5-7-11-18(16)30-22(23)24/h4-11,22H,3,12-14H2,1-2H3,(H,25,29). The predicted molar refractivity (Wildman–Crippen MR) is 112 cm³/mol. The molecule has 0 aliphatic heterocycles. The fourth-order valence-electron chi connectivity index (χ4n) is 3.11. The van der Waals surface area contributed by atoms with E-state index in [-0.39, 0.29) is 36.5 Å². The lowest BCUT2D eigenvalue weighted by Crippen LogP contribution is -2.33. The van der Waals surface area contributed by atoms with Crippen LogP contribution in [0.4, 0.5) is 14.5 Å². The lowest BCUT2D eigenvalue weighted by molar-refractivity contribution is -0.117. The number of nitrogens with one attached hydrogen (secondary N) is 1. The van der Waals surface area contributed by atoms with E-state index < -0.39 is 6.61 Å². The van der Waals surface area contributed by atoms with Crippen molar-refractivity contribution in [1.29, 1.82) is 0 Å². The Balaban J connectivity index is 1.68. The molecular weight excluding hydrogens is 406 g/mol. The van der Waals surface area contributed by atoms with Gasteiger partial charge in [0, 0.05) is 5.69 Å². The van der Waals surface area contributed by atoms with Crippen molar-refractivity contribution in [2.24, 2.45) is 0 Å². The minimum absolute atomic E-state index is 0.0344. The lowest BCUT2D eigenvalue weighted by atomic mass is 10.2. The SMILES string of the molecule is CCCN(CC(=O)Nc1ccccc1C)Cc1nc(-c2ccccc2OC(F)F)no1. The van der Waals surface area contributed by atoms with Crippen molar-refractivity contribution < 1.29 is 22.8 Å². The molecule has 164 valence electrons. The highest BCUT2D eigenvalue weighted by molar-refractivity contribution is 5.92. The first-order valence-corrected chi connectivity index (χ1v) is 9.91. The van der Waals surface area contributed by atoms with E-state index in [4.69, 9.17) is 4.52 Å². The highest BCUT2D eigenvalue weighted by atomic mass is 19.3. The van der Waals surface area contributed by atoms with Gasteiger partial charge < -0.3 is 14.6 Å². The number of hydrogen-bond donors (Lipinski definition) is 1. The number of carbonyl (C=O) groups excluding carboxylic acids is 1. The lowest BCUT2D eigenvalue weighted by Gasteiger charge is -2.19. The van der Waals surface area contributed by atoms with Crippen LogP contribution in [0.1, 0.15) is 24.8 Å². The number of carbonyl (C=O) groups is 1. The Morgan fingerprint density at radius 1 is 1.19 bits per heavy atom. The number of anilines is 1. The van der Waals surface area contributed by atoms with Crippen LogP contribution in [0.5, 0.6) is 5.75 Å². The quantitative estimate of drug-likeness (QED) is 0.510. The summed E-state index contributed by atoms with van der Waals surface area (Å²) in [5.74, 6) is 0.233. The third-order valence-electron chi connectivity index (χ3n) is 4.50. The van der Waals surface area contributed by atoms with Crippen molar-refractivity contribution in [3.05, 3.63) is 60.0 Å². The number of ether oxygens (including phenoxy) is 1. The second kappa shape index (κ2) is 10.6. The Morgan fingerprint density at radius 2 is 1.94 bits per heavy atom. The summed E-state index contributed by atoms with van der Waals surface area (Å²) >= 11 is 0. The maximum Gasteiger partial charge on any atom is 0.387 e. The van der Waals surface area contributed by atoms with Gasteiger partial charge in [0.25, 0.3) is 0 Å². The number of benzene rings is 2. The Morgan fingerprint density at radius 3 is 2.68 bits per heavy atom. The summed E-state index contributed by atoms with van der Waals surface area (Å²) in [6, 6.07) is 13.8. The van der Waals surface area contributed by atoms with Gasteiger partial charge in [-0.05, 0) is 43.7 Å². The largest absolute Gasteiger partial charge is 0.434 e. The molecule has 0 bridgehead atoms. The fourth-order valence-corrected chi connectivity index (χ4v) is 3.11. The Hall–Kier alpha value is -3.33. The molecule has 3 aromatic rings. The summed E-state index contributed by atoms with van der Waals surface area (Å²) in [7, 11) is 0. The fraction of sp³-hybridized carbons (Fsp3) is 0.318.